The number of esters is 1. The Morgan fingerprint density at radius 2 is 1.87 bits per heavy atom. The third-order valence-corrected chi connectivity index (χ3v) is 3.69. The molecular formula is C17H17NO5. The van der Waals surface area contributed by atoms with E-state index in [1.807, 2.05) is 6.92 Å². The highest BCUT2D eigenvalue weighted by Crippen LogP contribution is 2.31. The van der Waals surface area contributed by atoms with E-state index < -0.39 is 11.9 Å². The standard InChI is InChI=1S/C17H17NO5/c1-4-18-10(2)14(17(22)23-3)13(15(18)19)9-11-5-7-12(8-6-11)16(20)21/h5-9H,4H2,1-3H3,(H,20,21)/b13-9-. The number of aromatic carboxylic acids is 1. The number of methoxy groups -OCH3 is 1. The van der Waals surface area contributed by atoms with Crippen molar-refractivity contribution in [2.24, 2.45) is 0 Å². The molecule has 0 saturated heterocycles. The van der Waals surface area contributed by atoms with Gasteiger partial charge in [-0.15, -0.1) is 0 Å². The Morgan fingerprint density at radius 1 is 1.26 bits per heavy atom. The fourth-order valence-corrected chi connectivity index (χ4v) is 2.50. The Kier molecular flexibility index (Phi) is 4.64. The maximum absolute atomic E-state index is 12.5. The predicted molar refractivity (Wildman–Crippen MR) is 83.5 cm³/mol. The molecule has 0 bridgehead atoms. The molecule has 1 amide bonds. The van der Waals surface area contributed by atoms with E-state index in [0.717, 1.165) is 0 Å². The Labute approximate surface area is 133 Å². The molecule has 120 valence electrons. The van der Waals surface area contributed by atoms with E-state index >= 15 is 0 Å². The zero-order valence-corrected chi connectivity index (χ0v) is 13.1. The molecule has 0 aromatic heterocycles. The molecule has 0 radical (unpaired) electrons. The maximum Gasteiger partial charge on any atom is 0.340 e. The summed E-state index contributed by atoms with van der Waals surface area (Å²) in [6, 6.07) is 6.06. The zero-order chi connectivity index (χ0) is 17.1. The third kappa shape index (κ3) is 3.01. The van der Waals surface area contributed by atoms with Crippen LogP contribution in [0.4, 0.5) is 0 Å². The average molecular weight is 315 g/mol. The molecule has 0 aliphatic carbocycles. The van der Waals surface area contributed by atoms with Crippen molar-refractivity contribution < 1.29 is 24.2 Å². The number of rotatable bonds is 4. The molecule has 23 heavy (non-hydrogen) atoms. The van der Waals surface area contributed by atoms with Gasteiger partial charge in [-0.1, -0.05) is 12.1 Å². The van der Waals surface area contributed by atoms with Crippen LogP contribution < -0.4 is 0 Å². The normalized spacial score (nSPS) is 16.2. The Morgan fingerprint density at radius 3 is 2.35 bits per heavy atom. The van der Waals surface area contributed by atoms with Crippen molar-refractivity contribution in [1.82, 2.24) is 4.90 Å². The Balaban J connectivity index is 2.48. The summed E-state index contributed by atoms with van der Waals surface area (Å²) in [4.78, 5) is 36.8. The van der Waals surface area contributed by atoms with Gasteiger partial charge in [0.2, 0.25) is 0 Å². The first-order valence-electron chi connectivity index (χ1n) is 7.07. The van der Waals surface area contributed by atoms with Crippen LogP contribution in [0, 0.1) is 0 Å². The summed E-state index contributed by atoms with van der Waals surface area (Å²) in [5.74, 6) is -1.86. The third-order valence-electron chi connectivity index (χ3n) is 3.69. The molecule has 1 N–H and O–H groups in total. The minimum Gasteiger partial charge on any atom is -0.478 e. The Hall–Kier alpha value is -2.89. The lowest BCUT2D eigenvalue weighted by molar-refractivity contribution is -0.136. The number of carbonyl (C=O) groups is 3. The van der Waals surface area contributed by atoms with Gasteiger partial charge in [-0.3, -0.25) is 4.79 Å². The van der Waals surface area contributed by atoms with Crippen LogP contribution in [-0.4, -0.2) is 41.5 Å². The number of carboxylic acid groups (broad SMARTS) is 1. The fourth-order valence-electron chi connectivity index (χ4n) is 2.50. The van der Waals surface area contributed by atoms with E-state index in [2.05, 4.69) is 0 Å². The second-order valence-electron chi connectivity index (χ2n) is 4.99. The maximum atomic E-state index is 12.5. The van der Waals surface area contributed by atoms with Crippen LogP contribution in [-0.2, 0) is 14.3 Å². The largest absolute Gasteiger partial charge is 0.478 e. The van der Waals surface area contributed by atoms with E-state index in [1.165, 1.54) is 24.1 Å². The molecule has 0 saturated carbocycles. The molecule has 0 atom stereocenters. The van der Waals surface area contributed by atoms with Gasteiger partial charge in [0.05, 0.1) is 23.8 Å². The van der Waals surface area contributed by atoms with Crippen molar-refractivity contribution in [3.63, 3.8) is 0 Å². The van der Waals surface area contributed by atoms with Gasteiger partial charge in [-0.05, 0) is 37.6 Å². The molecule has 1 aliphatic heterocycles. The second-order valence-corrected chi connectivity index (χ2v) is 4.99. The van der Waals surface area contributed by atoms with Crippen LogP contribution in [0.5, 0.6) is 0 Å². The molecule has 2 rings (SSSR count). The van der Waals surface area contributed by atoms with Crippen molar-refractivity contribution in [2.45, 2.75) is 13.8 Å². The summed E-state index contributed by atoms with van der Waals surface area (Å²) in [6.07, 6.45) is 1.57. The number of carboxylic acids is 1. The summed E-state index contributed by atoms with van der Waals surface area (Å²) in [6.45, 7) is 3.96. The number of benzene rings is 1. The first-order chi connectivity index (χ1) is 10.9. The minimum absolute atomic E-state index is 0.153. The molecular weight excluding hydrogens is 298 g/mol. The lowest BCUT2D eigenvalue weighted by atomic mass is 10.0. The van der Waals surface area contributed by atoms with E-state index in [1.54, 1.807) is 25.1 Å². The molecule has 0 fully saturated rings. The van der Waals surface area contributed by atoms with Gasteiger partial charge in [0.1, 0.15) is 0 Å². The predicted octanol–water partition coefficient (Wildman–Crippen LogP) is 2.08. The zero-order valence-electron chi connectivity index (χ0n) is 13.1. The highest BCUT2D eigenvalue weighted by Gasteiger charge is 2.36. The minimum atomic E-state index is -1.02. The molecule has 1 aromatic carbocycles. The molecule has 0 spiro atoms. The first kappa shape index (κ1) is 16.5. The number of nitrogens with zero attached hydrogens (tertiary/aromatic N) is 1. The lowest BCUT2D eigenvalue weighted by Crippen LogP contribution is -2.24. The van der Waals surface area contributed by atoms with Gasteiger partial charge in [0.15, 0.2) is 0 Å². The van der Waals surface area contributed by atoms with E-state index in [0.29, 0.717) is 17.8 Å². The quantitative estimate of drug-likeness (QED) is 0.679. The van der Waals surface area contributed by atoms with Crippen molar-refractivity contribution >= 4 is 23.9 Å². The number of amides is 1. The molecule has 1 heterocycles. The van der Waals surface area contributed by atoms with Gasteiger partial charge in [0, 0.05) is 12.2 Å². The monoisotopic (exact) mass is 315 g/mol. The molecule has 6 nitrogen and oxygen atoms in total. The Bertz CT molecular complexity index is 728. The van der Waals surface area contributed by atoms with Gasteiger partial charge in [-0.2, -0.15) is 0 Å². The van der Waals surface area contributed by atoms with Crippen LogP contribution in [0.1, 0.15) is 29.8 Å². The first-order valence-corrected chi connectivity index (χ1v) is 7.07. The van der Waals surface area contributed by atoms with Gasteiger partial charge in [-0.25, -0.2) is 9.59 Å². The van der Waals surface area contributed by atoms with Crippen molar-refractivity contribution in [1.29, 1.82) is 0 Å². The number of hydrogen-bond donors (Lipinski definition) is 1. The number of hydrogen-bond acceptors (Lipinski definition) is 4. The van der Waals surface area contributed by atoms with Gasteiger partial charge in [0.25, 0.3) is 5.91 Å². The van der Waals surface area contributed by atoms with Crippen LogP contribution >= 0.6 is 0 Å². The van der Waals surface area contributed by atoms with Crippen LogP contribution in [0.3, 0.4) is 0 Å². The smallest absolute Gasteiger partial charge is 0.340 e. The summed E-state index contributed by atoms with van der Waals surface area (Å²) >= 11 is 0. The van der Waals surface area contributed by atoms with Gasteiger partial charge < -0.3 is 14.7 Å². The number of ether oxygens (including phenoxy) is 1. The number of allylic oxidation sites excluding steroid dienone is 1. The molecule has 0 unspecified atom stereocenters. The average Bonchev–Trinajstić information content (AvgIpc) is 2.77. The molecule has 6 heteroatoms. The van der Waals surface area contributed by atoms with Crippen LogP contribution in [0.15, 0.2) is 41.1 Å². The van der Waals surface area contributed by atoms with Crippen molar-refractivity contribution in [3.05, 3.63) is 52.2 Å². The summed E-state index contributed by atoms with van der Waals surface area (Å²) in [5, 5.41) is 8.91. The van der Waals surface area contributed by atoms with Crippen LogP contribution in [0.25, 0.3) is 6.08 Å². The summed E-state index contributed by atoms with van der Waals surface area (Å²) in [7, 11) is 1.26. The van der Waals surface area contributed by atoms with Crippen molar-refractivity contribution in [3.8, 4) is 0 Å². The van der Waals surface area contributed by atoms with E-state index in [9.17, 15) is 14.4 Å². The van der Waals surface area contributed by atoms with E-state index in [-0.39, 0.29) is 22.6 Å². The topological polar surface area (TPSA) is 83.9 Å². The second kappa shape index (κ2) is 6.48. The van der Waals surface area contributed by atoms with Crippen LogP contribution in [0.2, 0.25) is 0 Å². The summed E-state index contributed by atoms with van der Waals surface area (Å²) < 4.78 is 4.77. The molecule has 1 aliphatic rings. The summed E-state index contributed by atoms with van der Waals surface area (Å²) in [5.41, 5.74) is 1.82. The lowest BCUT2D eigenvalue weighted by Gasteiger charge is -2.14. The molecule has 1 aromatic rings. The number of likely N-dealkylation sites (N-methyl/N-ethyl adjacent to an activating group) is 1. The van der Waals surface area contributed by atoms with E-state index in [4.69, 9.17) is 9.84 Å². The highest BCUT2D eigenvalue weighted by molar-refractivity contribution is 6.16. The number of carbonyl (C=O) groups excluding carboxylic acids is 2. The highest BCUT2D eigenvalue weighted by atomic mass is 16.5. The van der Waals surface area contributed by atoms with Crippen molar-refractivity contribution in [2.75, 3.05) is 13.7 Å². The SMILES string of the molecule is CCN1C(=O)/C(=C\c2ccc(C(=O)O)cc2)C(C(=O)OC)=C1C. The van der Waals surface area contributed by atoms with Gasteiger partial charge >= 0.3 is 11.9 Å². The fraction of sp³-hybridized carbons (Fsp3) is 0.235.